The molecule has 0 spiro atoms. The maximum atomic E-state index is 12.6. The lowest BCUT2D eigenvalue weighted by atomic mass is 9.85. The number of pyridine rings is 1. The molecule has 0 aliphatic heterocycles. The predicted molar refractivity (Wildman–Crippen MR) is 100.0 cm³/mol. The number of hydrogen-bond acceptors (Lipinski definition) is 2. The van der Waals surface area contributed by atoms with Crippen LogP contribution >= 0.6 is 0 Å². The van der Waals surface area contributed by atoms with Gasteiger partial charge in [0.1, 0.15) is 5.75 Å². The van der Waals surface area contributed by atoms with Crippen molar-refractivity contribution < 1.29 is 4.74 Å². The largest absolute Gasteiger partial charge is 0.496 e. The van der Waals surface area contributed by atoms with E-state index in [1.807, 2.05) is 12.1 Å². The van der Waals surface area contributed by atoms with Gasteiger partial charge < -0.3 is 9.72 Å². The predicted octanol–water partition coefficient (Wildman–Crippen LogP) is 4.81. The molecule has 3 nitrogen and oxygen atoms in total. The Balaban J connectivity index is 2.19. The number of aromatic amines is 1. The van der Waals surface area contributed by atoms with Gasteiger partial charge in [-0.3, -0.25) is 4.79 Å². The average Bonchev–Trinajstić information content (AvgIpc) is 2.53. The number of fused-ring (bicyclic) bond motifs is 1. The van der Waals surface area contributed by atoms with E-state index in [1.165, 1.54) is 5.56 Å². The third-order valence-corrected chi connectivity index (χ3v) is 4.42. The molecule has 1 heterocycles. The molecule has 0 atom stereocenters. The lowest BCUT2D eigenvalue weighted by molar-refractivity contribution is 0.419. The molecule has 1 N–H and O–H groups in total. The lowest BCUT2D eigenvalue weighted by Gasteiger charge is -2.20. The molecule has 0 bridgehead atoms. The molecule has 1 aromatic heterocycles. The molecule has 3 rings (SSSR count). The summed E-state index contributed by atoms with van der Waals surface area (Å²) in [5, 5.41) is 0.590. The van der Waals surface area contributed by atoms with Crippen LogP contribution in [0.1, 0.15) is 31.9 Å². The van der Waals surface area contributed by atoms with Gasteiger partial charge in [0, 0.05) is 17.3 Å². The Morgan fingerprint density at radius 1 is 1.04 bits per heavy atom. The molecule has 3 aromatic rings. The van der Waals surface area contributed by atoms with Crippen LogP contribution in [0, 0.1) is 6.92 Å². The molecule has 0 fully saturated rings. The van der Waals surface area contributed by atoms with Gasteiger partial charge in [0.2, 0.25) is 0 Å². The van der Waals surface area contributed by atoms with Crippen molar-refractivity contribution in [1.29, 1.82) is 0 Å². The first-order valence-corrected chi connectivity index (χ1v) is 8.13. The van der Waals surface area contributed by atoms with Crippen LogP contribution in [0.15, 0.2) is 47.3 Å². The van der Waals surface area contributed by atoms with Gasteiger partial charge in [0.15, 0.2) is 5.43 Å². The van der Waals surface area contributed by atoms with Crippen LogP contribution in [-0.4, -0.2) is 12.1 Å². The second kappa shape index (κ2) is 5.82. The second-order valence-corrected chi connectivity index (χ2v) is 7.21. The van der Waals surface area contributed by atoms with Crippen LogP contribution in [0.5, 0.6) is 5.75 Å². The summed E-state index contributed by atoms with van der Waals surface area (Å²) in [6, 6.07) is 13.7. The highest BCUT2D eigenvalue weighted by molar-refractivity contribution is 5.87. The van der Waals surface area contributed by atoms with Crippen LogP contribution in [0.4, 0.5) is 0 Å². The molecule has 0 aliphatic rings. The van der Waals surface area contributed by atoms with E-state index in [-0.39, 0.29) is 10.8 Å². The third kappa shape index (κ3) is 2.82. The maximum absolute atomic E-state index is 12.6. The number of aromatic nitrogens is 1. The van der Waals surface area contributed by atoms with E-state index in [4.69, 9.17) is 4.74 Å². The first kappa shape index (κ1) is 16.3. The normalized spacial score (nSPS) is 11.7. The third-order valence-electron chi connectivity index (χ3n) is 4.42. The minimum Gasteiger partial charge on any atom is -0.496 e. The minimum atomic E-state index is -0.0319. The Hall–Kier alpha value is -2.55. The molecule has 124 valence electrons. The molecule has 0 radical (unpaired) electrons. The van der Waals surface area contributed by atoms with Crippen LogP contribution in [0.3, 0.4) is 0 Å². The van der Waals surface area contributed by atoms with E-state index in [0.29, 0.717) is 11.1 Å². The number of ether oxygens (including phenoxy) is 1. The quantitative estimate of drug-likeness (QED) is 0.736. The van der Waals surface area contributed by atoms with Crippen LogP contribution < -0.4 is 10.2 Å². The Morgan fingerprint density at radius 3 is 2.42 bits per heavy atom. The number of methoxy groups -OCH3 is 1. The summed E-state index contributed by atoms with van der Waals surface area (Å²) in [4.78, 5) is 16.0. The highest BCUT2D eigenvalue weighted by Gasteiger charge is 2.16. The van der Waals surface area contributed by atoms with E-state index < -0.39 is 0 Å². The summed E-state index contributed by atoms with van der Waals surface area (Å²) in [7, 11) is 1.58. The molecule has 2 aromatic carbocycles. The molecular weight excluding hydrogens is 298 g/mol. The van der Waals surface area contributed by atoms with Gasteiger partial charge in [-0.05, 0) is 35.6 Å². The number of hydrogen-bond donors (Lipinski definition) is 1. The Kier molecular flexibility index (Phi) is 3.96. The Labute approximate surface area is 142 Å². The molecular formula is C21H23NO2. The summed E-state index contributed by atoms with van der Waals surface area (Å²) in [6.45, 7) is 8.68. The van der Waals surface area contributed by atoms with Gasteiger partial charge in [-0.15, -0.1) is 0 Å². The molecule has 0 unspecified atom stereocenters. The van der Waals surface area contributed by atoms with Crippen molar-refractivity contribution >= 4 is 10.9 Å². The van der Waals surface area contributed by atoms with Crippen molar-refractivity contribution in [2.24, 2.45) is 0 Å². The summed E-state index contributed by atoms with van der Waals surface area (Å²) < 4.78 is 5.31. The van der Waals surface area contributed by atoms with Crippen molar-refractivity contribution in [3.63, 3.8) is 0 Å². The van der Waals surface area contributed by atoms with Crippen molar-refractivity contribution in [2.45, 2.75) is 33.1 Å². The fourth-order valence-electron chi connectivity index (χ4n) is 3.02. The molecule has 3 heteroatoms. The number of rotatable bonds is 2. The van der Waals surface area contributed by atoms with Gasteiger partial charge >= 0.3 is 0 Å². The fraction of sp³-hybridized carbons (Fsp3) is 0.286. The van der Waals surface area contributed by atoms with E-state index in [2.05, 4.69) is 50.9 Å². The average molecular weight is 321 g/mol. The highest BCUT2D eigenvalue weighted by atomic mass is 16.5. The molecule has 0 saturated carbocycles. The summed E-state index contributed by atoms with van der Waals surface area (Å²) in [5.41, 5.74) is 5.18. The smallest absolute Gasteiger partial charge is 0.193 e. The molecule has 0 aliphatic carbocycles. The Morgan fingerprint density at radius 2 is 1.79 bits per heavy atom. The van der Waals surface area contributed by atoms with E-state index in [9.17, 15) is 4.79 Å². The number of nitrogens with one attached hydrogen (secondary N) is 1. The highest BCUT2D eigenvalue weighted by Crippen LogP contribution is 2.29. The SMILES string of the molecule is COc1cccc2[nH]c(-c3ccc(C(C)(C)C)cc3C)cc(=O)c12. The molecule has 0 amide bonds. The van der Waals surface area contributed by atoms with Crippen molar-refractivity contribution in [2.75, 3.05) is 7.11 Å². The van der Waals surface area contributed by atoms with Crippen LogP contribution in [0.2, 0.25) is 0 Å². The first-order valence-electron chi connectivity index (χ1n) is 8.13. The van der Waals surface area contributed by atoms with E-state index in [1.54, 1.807) is 19.2 Å². The second-order valence-electron chi connectivity index (χ2n) is 7.21. The zero-order valence-corrected chi connectivity index (χ0v) is 14.9. The van der Waals surface area contributed by atoms with Gasteiger partial charge in [0.25, 0.3) is 0 Å². The summed E-state index contributed by atoms with van der Waals surface area (Å²) >= 11 is 0. The number of H-pyrrole nitrogens is 1. The molecule has 0 saturated heterocycles. The van der Waals surface area contributed by atoms with Gasteiger partial charge in [-0.2, -0.15) is 0 Å². The van der Waals surface area contributed by atoms with E-state index >= 15 is 0 Å². The maximum Gasteiger partial charge on any atom is 0.193 e. The van der Waals surface area contributed by atoms with Crippen molar-refractivity contribution in [3.05, 3.63) is 63.8 Å². The fourth-order valence-corrected chi connectivity index (χ4v) is 3.02. The van der Waals surface area contributed by atoms with Gasteiger partial charge in [-0.25, -0.2) is 0 Å². The number of benzene rings is 2. The first-order chi connectivity index (χ1) is 11.3. The minimum absolute atomic E-state index is 0.0319. The van der Waals surface area contributed by atoms with Crippen molar-refractivity contribution in [1.82, 2.24) is 4.98 Å². The zero-order chi connectivity index (χ0) is 17.5. The van der Waals surface area contributed by atoms with Crippen molar-refractivity contribution in [3.8, 4) is 17.0 Å². The zero-order valence-electron chi connectivity index (χ0n) is 14.9. The topological polar surface area (TPSA) is 42.1 Å². The summed E-state index contributed by atoms with van der Waals surface area (Å²) in [5.74, 6) is 0.597. The lowest BCUT2D eigenvalue weighted by Crippen LogP contribution is -2.11. The monoisotopic (exact) mass is 321 g/mol. The Bertz CT molecular complexity index is 962. The van der Waals surface area contributed by atoms with Crippen LogP contribution in [0.25, 0.3) is 22.2 Å². The molecule has 24 heavy (non-hydrogen) atoms. The standard InChI is InChI=1S/C21H23NO2/c1-13-11-14(21(2,3)4)9-10-15(13)17-12-18(23)20-16(22-17)7-6-8-19(20)24-5/h6-12H,1-5H3,(H,22,23). The summed E-state index contributed by atoms with van der Waals surface area (Å²) in [6.07, 6.45) is 0. The van der Waals surface area contributed by atoms with Gasteiger partial charge in [0.05, 0.1) is 18.0 Å². The van der Waals surface area contributed by atoms with Crippen LogP contribution in [-0.2, 0) is 5.41 Å². The van der Waals surface area contributed by atoms with Gasteiger partial charge in [-0.1, -0.05) is 45.0 Å². The van der Waals surface area contributed by atoms with E-state index in [0.717, 1.165) is 22.3 Å². The number of aryl methyl sites for hydroxylation is 1.